The third-order valence-corrected chi connectivity index (χ3v) is 2.25. The lowest BCUT2D eigenvalue weighted by molar-refractivity contribution is 0.113. The maximum absolute atomic E-state index is 9.18. The Balaban J connectivity index is 3.50. The molecule has 0 amide bonds. The van der Waals surface area contributed by atoms with Crippen LogP contribution in [0, 0.1) is 0 Å². The van der Waals surface area contributed by atoms with E-state index < -0.39 is 6.23 Å². The van der Waals surface area contributed by atoms with E-state index in [1.54, 1.807) is 6.92 Å². The van der Waals surface area contributed by atoms with Gasteiger partial charge in [-0.2, -0.15) is 0 Å². The van der Waals surface area contributed by atoms with E-state index in [-0.39, 0.29) is 5.54 Å². The van der Waals surface area contributed by atoms with Crippen LogP contribution in [0.15, 0.2) is 0 Å². The van der Waals surface area contributed by atoms with Crippen molar-refractivity contribution in [3.8, 4) is 0 Å². The van der Waals surface area contributed by atoms with Crippen molar-refractivity contribution in [2.24, 2.45) is 0 Å². The van der Waals surface area contributed by atoms with Crippen LogP contribution < -0.4 is 5.32 Å². The van der Waals surface area contributed by atoms with Crippen LogP contribution in [0.3, 0.4) is 0 Å². The summed E-state index contributed by atoms with van der Waals surface area (Å²) in [6.07, 6.45) is 5.90. The zero-order valence-electron chi connectivity index (χ0n) is 9.56. The fourth-order valence-electron chi connectivity index (χ4n) is 1.63. The molecule has 0 aliphatic rings. The zero-order valence-corrected chi connectivity index (χ0v) is 9.56. The summed E-state index contributed by atoms with van der Waals surface area (Å²) in [4.78, 5) is 0. The lowest BCUT2D eigenvalue weighted by Crippen LogP contribution is -2.44. The van der Waals surface area contributed by atoms with Crippen molar-refractivity contribution < 1.29 is 5.11 Å². The van der Waals surface area contributed by atoms with Gasteiger partial charge in [-0.3, -0.25) is 5.32 Å². The SMILES string of the molecule is CCCCCCC(C)(C)NC(C)O. The Kier molecular flexibility index (Phi) is 6.35. The number of aliphatic hydroxyl groups is 1. The van der Waals surface area contributed by atoms with Gasteiger partial charge in [-0.1, -0.05) is 32.6 Å². The molecular formula is C11H25NO. The molecule has 13 heavy (non-hydrogen) atoms. The first kappa shape index (κ1) is 12.9. The van der Waals surface area contributed by atoms with E-state index in [9.17, 15) is 5.11 Å². The number of hydrogen-bond acceptors (Lipinski definition) is 2. The minimum absolute atomic E-state index is 0.0713. The molecule has 0 aromatic heterocycles. The fourth-order valence-corrected chi connectivity index (χ4v) is 1.63. The van der Waals surface area contributed by atoms with Crippen LogP contribution in [0.4, 0.5) is 0 Å². The van der Waals surface area contributed by atoms with Gasteiger partial charge in [-0.15, -0.1) is 0 Å². The smallest absolute Gasteiger partial charge is 0.102 e. The van der Waals surface area contributed by atoms with Gasteiger partial charge in [-0.05, 0) is 27.2 Å². The van der Waals surface area contributed by atoms with Gasteiger partial charge in [0, 0.05) is 5.54 Å². The van der Waals surface area contributed by atoms with Crippen LogP contribution in [-0.2, 0) is 0 Å². The Labute approximate surface area is 82.7 Å². The minimum Gasteiger partial charge on any atom is -0.379 e. The number of hydrogen-bond donors (Lipinski definition) is 2. The second-order valence-electron chi connectivity index (χ2n) is 4.51. The molecule has 0 saturated carbocycles. The highest BCUT2D eigenvalue weighted by Crippen LogP contribution is 2.14. The number of rotatable bonds is 7. The van der Waals surface area contributed by atoms with Gasteiger partial charge in [-0.25, -0.2) is 0 Å². The van der Waals surface area contributed by atoms with Crippen molar-refractivity contribution in [3.05, 3.63) is 0 Å². The van der Waals surface area contributed by atoms with Crippen molar-refractivity contribution in [2.45, 2.75) is 71.6 Å². The molecule has 0 aromatic carbocycles. The third kappa shape index (κ3) is 8.26. The predicted molar refractivity (Wildman–Crippen MR) is 57.7 cm³/mol. The lowest BCUT2D eigenvalue weighted by atomic mass is 9.96. The summed E-state index contributed by atoms with van der Waals surface area (Å²) in [6, 6.07) is 0. The maximum atomic E-state index is 9.18. The molecule has 0 fully saturated rings. The van der Waals surface area contributed by atoms with Crippen molar-refractivity contribution >= 4 is 0 Å². The van der Waals surface area contributed by atoms with Gasteiger partial charge in [0.15, 0.2) is 0 Å². The fraction of sp³-hybridized carbons (Fsp3) is 1.00. The molecule has 0 spiro atoms. The summed E-state index contributed by atoms with van der Waals surface area (Å²) in [5.74, 6) is 0. The average molecular weight is 187 g/mol. The lowest BCUT2D eigenvalue weighted by Gasteiger charge is -2.28. The topological polar surface area (TPSA) is 32.3 Å². The Hall–Kier alpha value is -0.0800. The molecule has 1 unspecified atom stereocenters. The van der Waals surface area contributed by atoms with Crippen LogP contribution in [0.5, 0.6) is 0 Å². The van der Waals surface area contributed by atoms with Crippen LogP contribution in [0.1, 0.15) is 59.8 Å². The second kappa shape index (κ2) is 6.39. The molecule has 0 bridgehead atoms. The van der Waals surface area contributed by atoms with E-state index in [0.29, 0.717) is 0 Å². The molecule has 2 heteroatoms. The van der Waals surface area contributed by atoms with Gasteiger partial charge in [0.25, 0.3) is 0 Å². The summed E-state index contributed by atoms with van der Waals surface area (Å²) in [7, 11) is 0. The molecule has 0 heterocycles. The molecule has 80 valence electrons. The highest BCUT2D eigenvalue weighted by Gasteiger charge is 2.17. The van der Waals surface area contributed by atoms with Crippen molar-refractivity contribution in [2.75, 3.05) is 0 Å². The van der Waals surface area contributed by atoms with Gasteiger partial charge in [0.2, 0.25) is 0 Å². The van der Waals surface area contributed by atoms with E-state index in [4.69, 9.17) is 0 Å². The highest BCUT2D eigenvalue weighted by atomic mass is 16.3. The Morgan fingerprint density at radius 1 is 1.23 bits per heavy atom. The average Bonchev–Trinajstić information content (AvgIpc) is 1.95. The third-order valence-electron chi connectivity index (χ3n) is 2.25. The molecule has 0 rings (SSSR count). The van der Waals surface area contributed by atoms with Gasteiger partial charge in [0.05, 0.1) is 0 Å². The van der Waals surface area contributed by atoms with E-state index in [1.165, 1.54) is 25.7 Å². The summed E-state index contributed by atoms with van der Waals surface area (Å²) in [5.41, 5.74) is 0.0713. The van der Waals surface area contributed by atoms with E-state index >= 15 is 0 Å². The highest BCUT2D eigenvalue weighted by molar-refractivity contribution is 4.77. The number of aliphatic hydroxyl groups excluding tert-OH is 1. The summed E-state index contributed by atoms with van der Waals surface area (Å²) in [6.45, 7) is 8.28. The molecule has 2 nitrogen and oxygen atoms in total. The molecule has 0 aliphatic heterocycles. The Morgan fingerprint density at radius 2 is 1.85 bits per heavy atom. The standard InChI is InChI=1S/C11H25NO/c1-5-6-7-8-9-11(3,4)12-10(2)13/h10,12-13H,5-9H2,1-4H3. The van der Waals surface area contributed by atoms with Crippen LogP contribution >= 0.6 is 0 Å². The van der Waals surface area contributed by atoms with E-state index in [2.05, 4.69) is 26.1 Å². The van der Waals surface area contributed by atoms with Crippen molar-refractivity contribution in [1.29, 1.82) is 0 Å². The molecule has 0 aliphatic carbocycles. The van der Waals surface area contributed by atoms with Crippen molar-refractivity contribution in [1.82, 2.24) is 5.32 Å². The van der Waals surface area contributed by atoms with Crippen LogP contribution in [-0.4, -0.2) is 16.9 Å². The van der Waals surface area contributed by atoms with E-state index in [0.717, 1.165) is 6.42 Å². The molecule has 0 aromatic rings. The summed E-state index contributed by atoms with van der Waals surface area (Å²) < 4.78 is 0. The zero-order chi connectivity index (χ0) is 10.3. The first-order chi connectivity index (χ1) is 5.98. The molecule has 2 N–H and O–H groups in total. The van der Waals surface area contributed by atoms with E-state index in [1.807, 2.05) is 0 Å². The molecule has 1 atom stereocenters. The van der Waals surface area contributed by atoms with Gasteiger partial charge < -0.3 is 5.11 Å². The molecule has 0 radical (unpaired) electrons. The van der Waals surface area contributed by atoms with Crippen LogP contribution in [0.25, 0.3) is 0 Å². The minimum atomic E-state index is -0.402. The van der Waals surface area contributed by atoms with Gasteiger partial charge >= 0.3 is 0 Å². The maximum Gasteiger partial charge on any atom is 0.102 e. The molecular weight excluding hydrogens is 162 g/mol. The Bertz CT molecular complexity index is 121. The van der Waals surface area contributed by atoms with Crippen LogP contribution in [0.2, 0.25) is 0 Å². The normalized spacial score (nSPS) is 14.5. The number of unbranched alkanes of at least 4 members (excludes halogenated alkanes) is 3. The largest absolute Gasteiger partial charge is 0.379 e. The van der Waals surface area contributed by atoms with Gasteiger partial charge in [0.1, 0.15) is 6.23 Å². The first-order valence-electron chi connectivity index (χ1n) is 5.43. The summed E-state index contributed by atoms with van der Waals surface area (Å²) in [5, 5.41) is 12.3. The summed E-state index contributed by atoms with van der Waals surface area (Å²) >= 11 is 0. The second-order valence-corrected chi connectivity index (χ2v) is 4.51. The Morgan fingerprint density at radius 3 is 2.31 bits per heavy atom. The van der Waals surface area contributed by atoms with Crippen molar-refractivity contribution in [3.63, 3.8) is 0 Å². The monoisotopic (exact) mass is 187 g/mol. The predicted octanol–water partition coefficient (Wildman–Crippen LogP) is 2.66. The molecule has 0 saturated heterocycles. The number of nitrogens with one attached hydrogen (secondary N) is 1. The quantitative estimate of drug-likeness (QED) is 0.474. The first-order valence-corrected chi connectivity index (χ1v) is 5.43.